The minimum Gasteiger partial charge on any atom is -0.394 e. The first kappa shape index (κ1) is 12.3. The van der Waals surface area contributed by atoms with E-state index < -0.39 is 6.04 Å². The number of hydrogen-bond acceptors (Lipinski definition) is 4. The van der Waals surface area contributed by atoms with Gasteiger partial charge in [-0.05, 0) is 11.6 Å². The van der Waals surface area contributed by atoms with E-state index in [0.29, 0.717) is 11.3 Å². The maximum Gasteiger partial charge on any atom is 0.146 e. The molecule has 1 aliphatic rings. The summed E-state index contributed by atoms with van der Waals surface area (Å²) in [6.07, 6.45) is 0. The van der Waals surface area contributed by atoms with Gasteiger partial charge in [0.1, 0.15) is 5.82 Å². The van der Waals surface area contributed by atoms with Crippen molar-refractivity contribution in [3.8, 4) is 0 Å². The predicted octanol–water partition coefficient (Wildman–Crippen LogP) is 0.227. The summed E-state index contributed by atoms with van der Waals surface area (Å²) in [6, 6.07) is 4.31. The van der Waals surface area contributed by atoms with Gasteiger partial charge in [0.05, 0.1) is 18.3 Å². The Balaban J connectivity index is 2.35. The quantitative estimate of drug-likeness (QED) is 0.706. The molecule has 2 rings (SSSR count). The van der Waals surface area contributed by atoms with E-state index in [4.69, 9.17) is 10.8 Å². The number of rotatable bonds is 3. The SMILES string of the molecule is N[C@@H](CO)c1cccc(F)c1N1CCNCC1. The monoisotopic (exact) mass is 239 g/mol. The third-order valence-electron chi connectivity index (χ3n) is 3.05. The predicted molar refractivity (Wildman–Crippen MR) is 65.5 cm³/mol. The van der Waals surface area contributed by atoms with Gasteiger partial charge in [-0.1, -0.05) is 12.1 Å². The van der Waals surface area contributed by atoms with Crippen molar-refractivity contribution in [2.45, 2.75) is 6.04 Å². The number of piperazine rings is 1. The number of para-hydroxylation sites is 1. The summed E-state index contributed by atoms with van der Waals surface area (Å²) in [5.41, 5.74) is 7.02. The highest BCUT2D eigenvalue weighted by atomic mass is 19.1. The Labute approximate surface area is 100 Å². The molecule has 0 aromatic heterocycles. The summed E-state index contributed by atoms with van der Waals surface area (Å²) in [4.78, 5) is 1.98. The van der Waals surface area contributed by atoms with Crippen LogP contribution in [0.1, 0.15) is 11.6 Å². The van der Waals surface area contributed by atoms with E-state index in [9.17, 15) is 4.39 Å². The maximum absolute atomic E-state index is 13.9. The van der Waals surface area contributed by atoms with Crippen LogP contribution < -0.4 is 16.0 Å². The Kier molecular flexibility index (Phi) is 3.93. The third kappa shape index (κ3) is 2.57. The zero-order chi connectivity index (χ0) is 12.3. The van der Waals surface area contributed by atoms with Crippen LogP contribution in [-0.4, -0.2) is 37.9 Å². The van der Waals surface area contributed by atoms with E-state index in [0.717, 1.165) is 26.2 Å². The van der Waals surface area contributed by atoms with Crippen LogP contribution >= 0.6 is 0 Å². The number of nitrogens with zero attached hydrogens (tertiary/aromatic N) is 1. The Bertz CT molecular complexity index is 380. The van der Waals surface area contributed by atoms with Gasteiger partial charge in [-0.15, -0.1) is 0 Å². The molecule has 0 unspecified atom stereocenters. The van der Waals surface area contributed by atoms with Crippen LogP contribution in [0.15, 0.2) is 18.2 Å². The molecule has 0 spiro atoms. The first-order chi connectivity index (χ1) is 8.24. The van der Waals surface area contributed by atoms with Crippen molar-refractivity contribution < 1.29 is 9.50 Å². The average Bonchev–Trinajstić information content (AvgIpc) is 2.38. The number of nitrogens with one attached hydrogen (secondary N) is 1. The van der Waals surface area contributed by atoms with E-state index in [1.165, 1.54) is 6.07 Å². The molecule has 1 aliphatic heterocycles. The fourth-order valence-corrected chi connectivity index (χ4v) is 2.15. The molecule has 1 atom stereocenters. The third-order valence-corrected chi connectivity index (χ3v) is 3.05. The zero-order valence-corrected chi connectivity index (χ0v) is 9.69. The van der Waals surface area contributed by atoms with Gasteiger partial charge in [0.25, 0.3) is 0 Å². The van der Waals surface area contributed by atoms with Gasteiger partial charge in [-0.25, -0.2) is 4.39 Å². The van der Waals surface area contributed by atoms with E-state index in [2.05, 4.69) is 5.32 Å². The van der Waals surface area contributed by atoms with Gasteiger partial charge in [0.2, 0.25) is 0 Å². The van der Waals surface area contributed by atoms with Crippen LogP contribution in [0.4, 0.5) is 10.1 Å². The van der Waals surface area contributed by atoms with Gasteiger partial charge in [0, 0.05) is 26.2 Å². The zero-order valence-electron chi connectivity index (χ0n) is 9.69. The lowest BCUT2D eigenvalue weighted by atomic mass is 10.0. The molecule has 1 heterocycles. The number of hydrogen-bond donors (Lipinski definition) is 3. The molecule has 5 heteroatoms. The number of benzene rings is 1. The van der Waals surface area contributed by atoms with Crippen LogP contribution in [-0.2, 0) is 0 Å². The van der Waals surface area contributed by atoms with Gasteiger partial charge in [-0.3, -0.25) is 0 Å². The van der Waals surface area contributed by atoms with Crippen LogP contribution in [0.3, 0.4) is 0 Å². The molecular weight excluding hydrogens is 221 g/mol. The molecule has 0 radical (unpaired) electrons. The Morgan fingerprint density at radius 3 is 2.76 bits per heavy atom. The molecule has 0 amide bonds. The molecule has 1 saturated heterocycles. The lowest BCUT2D eigenvalue weighted by molar-refractivity contribution is 0.268. The van der Waals surface area contributed by atoms with Gasteiger partial charge in [-0.2, -0.15) is 0 Å². The molecule has 0 aliphatic carbocycles. The van der Waals surface area contributed by atoms with Crippen LogP contribution in [0, 0.1) is 5.82 Å². The molecule has 94 valence electrons. The summed E-state index contributed by atoms with van der Waals surface area (Å²) in [5, 5.41) is 12.3. The van der Waals surface area contributed by atoms with E-state index in [1.807, 2.05) is 4.90 Å². The van der Waals surface area contributed by atoms with Crippen LogP contribution in [0.5, 0.6) is 0 Å². The molecule has 4 N–H and O–H groups in total. The first-order valence-electron chi connectivity index (χ1n) is 5.84. The first-order valence-corrected chi connectivity index (χ1v) is 5.84. The van der Waals surface area contributed by atoms with Crippen molar-refractivity contribution >= 4 is 5.69 Å². The summed E-state index contributed by atoms with van der Waals surface area (Å²) in [7, 11) is 0. The van der Waals surface area contributed by atoms with Crippen molar-refractivity contribution in [1.82, 2.24) is 5.32 Å². The summed E-state index contributed by atoms with van der Waals surface area (Å²) in [6.45, 7) is 3.00. The summed E-state index contributed by atoms with van der Waals surface area (Å²) < 4.78 is 13.9. The van der Waals surface area contributed by atoms with Gasteiger partial charge < -0.3 is 21.1 Å². The maximum atomic E-state index is 13.9. The molecule has 1 aromatic carbocycles. The summed E-state index contributed by atoms with van der Waals surface area (Å²) >= 11 is 0. The van der Waals surface area contributed by atoms with E-state index in [1.54, 1.807) is 12.1 Å². The number of aliphatic hydroxyl groups is 1. The summed E-state index contributed by atoms with van der Waals surface area (Å²) in [5.74, 6) is -0.270. The van der Waals surface area contributed by atoms with Crippen molar-refractivity contribution in [2.75, 3.05) is 37.7 Å². The smallest absolute Gasteiger partial charge is 0.146 e. The molecular formula is C12H18FN3O. The molecule has 1 fully saturated rings. The van der Waals surface area contributed by atoms with Gasteiger partial charge >= 0.3 is 0 Å². The fraction of sp³-hybridized carbons (Fsp3) is 0.500. The van der Waals surface area contributed by atoms with Gasteiger partial charge in [0.15, 0.2) is 0 Å². The highest BCUT2D eigenvalue weighted by Gasteiger charge is 2.20. The van der Waals surface area contributed by atoms with Crippen molar-refractivity contribution in [3.63, 3.8) is 0 Å². The minimum absolute atomic E-state index is 0.178. The van der Waals surface area contributed by atoms with E-state index in [-0.39, 0.29) is 12.4 Å². The lowest BCUT2D eigenvalue weighted by Crippen LogP contribution is -2.44. The topological polar surface area (TPSA) is 61.5 Å². The second kappa shape index (κ2) is 5.44. The van der Waals surface area contributed by atoms with Crippen molar-refractivity contribution in [1.29, 1.82) is 0 Å². The lowest BCUT2D eigenvalue weighted by Gasteiger charge is -2.32. The Hall–Kier alpha value is -1.17. The fourth-order valence-electron chi connectivity index (χ4n) is 2.15. The average molecular weight is 239 g/mol. The van der Waals surface area contributed by atoms with E-state index >= 15 is 0 Å². The number of nitrogens with two attached hydrogens (primary N) is 1. The highest BCUT2D eigenvalue weighted by molar-refractivity contribution is 5.56. The normalized spacial score (nSPS) is 18.2. The second-order valence-corrected chi connectivity index (χ2v) is 4.20. The molecule has 0 bridgehead atoms. The van der Waals surface area contributed by atoms with Crippen molar-refractivity contribution in [2.24, 2.45) is 5.73 Å². The number of halogens is 1. The number of aliphatic hydroxyl groups excluding tert-OH is 1. The minimum atomic E-state index is -0.532. The number of anilines is 1. The Morgan fingerprint density at radius 1 is 1.41 bits per heavy atom. The largest absolute Gasteiger partial charge is 0.394 e. The molecule has 17 heavy (non-hydrogen) atoms. The molecule has 0 saturated carbocycles. The molecule has 1 aromatic rings. The highest BCUT2D eigenvalue weighted by Crippen LogP contribution is 2.28. The van der Waals surface area contributed by atoms with Crippen LogP contribution in [0.25, 0.3) is 0 Å². The second-order valence-electron chi connectivity index (χ2n) is 4.20. The Morgan fingerprint density at radius 2 is 2.12 bits per heavy atom. The van der Waals surface area contributed by atoms with Crippen molar-refractivity contribution in [3.05, 3.63) is 29.6 Å². The molecule has 4 nitrogen and oxygen atoms in total. The standard InChI is InChI=1S/C12H18FN3O/c13-10-3-1-2-9(11(14)8-17)12(10)16-6-4-15-5-7-16/h1-3,11,15,17H,4-8,14H2/t11-/m0/s1. The van der Waals surface area contributed by atoms with Crippen LogP contribution in [0.2, 0.25) is 0 Å².